The van der Waals surface area contributed by atoms with Crippen molar-refractivity contribution in [1.82, 2.24) is 4.90 Å². The lowest BCUT2D eigenvalue weighted by atomic mass is 10.1. The molecule has 0 atom stereocenters. The highest BCUT2D eigenvalue weighted by atomic mass is 19.4. The summed E-state index contributed by atoms with van der Waals surface area (Å²) >= 11 is 0. The summed E-state index contributed by atoms with van der Waals surface area (Å²) in [6, 6.07) is 5.08. The molecule has 4 nitrogen and oxygen atoms in total. The van der Waals surface area contributed by atoms with E-state index in [0.717, 1.165) is 18.6 Å². The molecular formula is C18H22F3N3O. The van der Waals surface area contributed by atoms with Gasteiger partial charge in [-0.3, -0.25) is 4.79 Å². The van der Waals surface area contributed by atoms with E-state index in [1.807, 2.05) is 11.0 Å². The molecule has 1 heterocycles. The quantitative estimate of drug-likeness (QED) is 0.830. The largest absolute Gasteiger partial charge is 0.416 e. The summed E-state index contributed by atoms with van der Waals surface area (Å²) in [5.41, 5.74) is -0.325. The van der Waals surface area contributed by atoms with Crippen LogP contribution in [0.15, 0.2) is 18.2 Å². The molecule has 1 saturated heterocycles. The van der Waals surface area contributed by atoms with Crippen molar-refractivity contribution in [3.63, 3.8) is 0 Å². The van der Waals surface area contributed by atoms with E-state index >= 15 is 0 Å². The molecule has 25 heavy (non-hydrogen) atoms. The molecule has 0 aromatic heterocycles. The Balaban J connectivity index is 2.03. The molecule has 0 aliphatic carbocycles. The molecule has 1 fully saturated rings. The fourth-order valence-corrected chi connectivity index (χ4v) is 2.84. The van der Waals surface area contributed by atoms with E-state index in [0.29, 0.717) is 44.2 Å². The molecule has 0 unspecified atom stereocenters. The second-order valence-electron chi connectivity index (χ2n) is 6.64. The number of rotatable bonds is 4. The van der Waals surface area contributed by atoms with Crippen molar-refractivity contribution >= 4 is 11.6 Å². The highest BCUT2D eigenvalue weighted by Gasteiger charge is 2.32. The number of piperazine rings is 1. The van der Waals surface area contributed by atoms with Crippen molar-refractivity contribution in [2.45, 2.75) is 32.9 Å². The average Bonchev–Trinajstić information content (AvgIpc) is 2.58. The number of benzene rings is 1. The molecule has 0 spiro atoms. The van der Waals surface area contributed by atoms with E-state index in [2.05, 4.69) is 13.8 Å². The van der Waals surface area contributed by atoms with E-state index < -0.39 is 11.7 Å². The Labute approximate surface area is 145 Å². The Hall–Kier alpha value is -2.23. The summed E-state index contributed by atoms with van der Waals surface area (Å²) < 4.78 is 38.3. The Morgan fingerprint density at radius 1 is 1.24 bits per heavy atom. The van der Waals surface area contributed by atoms with Gasteiger partial charge >= 0.3 is 6.18 Å². The Kier molecular flexibility index (Phi) is 5.93. The second-order valence-corrected chi connectivity index (χ2v) is 6.64. The molecule has 1 aromatic carbocycles. The zero-order valence-corrected chi connectivity index (χ0v) is 14.4. The lowest BCUT2D eigenvalue weighted by Gasteiger charge is -2.36. The fourth-order valence-electron chi connectivity index (χ4n) is 2.84. The first-order valence-corrected chi connectivity index (χ1v) is 8.36. The van der Waals surface area contributed by atoms with Crippen LogP contribution in [0.25, 0.3) is 0 Å². The summed E-state index contributed by atoms with van der Waals surface area (Å²) in [7, 11) is 0. The summed E-state index contributed by atoms with van der Waals surface area (Å²) in [6.07, 6.45) is -3.11. The number of halogens is 3. The van der Waals surface area contributed by atoms with Crippen molar-refractivity contribution in [2.24, 2.45) is 5.92 Å². The maximum absolute atomic E-state index is 12.8. The molecule has 0 N–H and O–H groups in total. The summed E-state index contributed by atoms with van der Waals surface area (Å²) in [6.45, 7) is 6.19. The predicted molar refractivity (Wildman–Crippen MR) is 89.0 cm³/mol. The summed E-state index contributed by atoms with van der Waals surface area (Å²) in [5.74, 6) is 0.580. The van der Waals surface area contributed by atoms with Gasteiger partial charge in [0.15, 0.2) is 0 Å². The number of nitrogens with zero attached hydrogens (tertiary/aromatic N) is 3. The average molecular weight is 353 g/mol. The first-order chi connectivity index (χ1) is 11.7. The number of hydrogen-bond acceptors (Lipinski definition) is 3. The third kappa shape index (κ3) is 4.88. The molecular weight excluding hydrogens is 331 g/mol. The van der Waals surface area contributed by atoms with Crippen LogP contribution in [0.5, 0.6) is 0 Å². The van der Waals surface area contributed by atoms with Crippen LogP contribution in [0.4, 0.5) is 18.9 Å². The van der Waals surface area contributed by atoms with Crippen LogP contribution in [0, 0.1) is 17.2 Å². The lowest BCUT2D eigenvalue weighted by Crippen LogP contribution is -2.49. The summed E-state index contributed by atoms with van der Waals surface area (Å²) in [5, 5.41) is 9.19. The third-order valence-electron chi connectivity index (χ3n) is 4.35. The number of amides is 1. The van der Waals surface area contributed by atoms with Gasteiger partial charge in [-0.1, -0.05) is 13.8 Å². The van der Waals surface area contributed by atoms with Gasteiger partial charge in [0.25, 0.3) is 0 Å². The van der Waals surface area contributed by atoms with Crippen LogP contribution in [-0.4, -0.2) is 37.0 Å². The smallest absolute Gasteiger partial charge is 0.367 e. The van der Waals surface area contributed by atoms with Gasteiger partial charge in [-0.2, -0.15) is 18.4 Å². The van der Waals surface area contributed by atoms with E-state index in [4.69, 9.17) is 0 Å². The van der Waals surface area contributed by atoms with Gasteiger partial charge in [-0.05, 0) is 30.5 Å². The predicted octanol–water partition coefficient (Wildman–Crippen LogP) is 3.66. The van der Waals surface area contributed by atoms with E-state index in [1.165, 1.54) is 6.07 Å². The van der Waals surface area contributed by atoms with Crippen LogP contribution in [0.3, 0.4) is 0 Å². The minimum Gasteiger partial charge on any atom is -0.367 e. The molecule has 1 amide bonds. The van der Waals surface area contributed by atoms with E-state index in [1.54, 1.807) is 4.90 Å². The van der Waals surface area contributed by atoms with Gasteiger partial charge in [-0.25, -0.2) is 0 Å². The molecule has 1 aromatic rings. The Bertz CT molecular complexity index is 657. The van der Waals surface area contributed by atoms with Crippen LogP contribution in [0.1, 0.15) is 37.8 Å². The SMILES string of the molecule is CC(C)CCC(=O)N1CCN(c2ccc(C(F)(F)F)cc2C#N)CC1. The van der Waals surface area contributed by atoms with Crippen LogP contribution < -0.4 is 4.90 Å². The molecule has 1 aliphatic rings. The molecule has 2 rings (SSSR count). The maximum atomic E-state index is 12.8. The zero-order chi connectivity index (χ0) is 18.6. The highest BCUT2D eigenvalue weighted by Crippen LogP contribution is 2.33. The second kappa shape index (κ2) is 7.77. The molecule has 136 valence electrons. The normalized spacial score (nSPS) is 15.4. The number of carbonyl (C=O) groups excluding carboxylic acids is 1. The zero-order valence-electron chi connectivity index (χ0n) is 14.4. The van der Waals surface area contributed by atoms with Crippen LogP contribution in [0.2, 0.25) is 0 Å². The van der Waals surface area contributed by atoms with Crippen molar-refractivity contribution in [2.75, 3.05) is 31.1 Å². The minimum atomic E-state index is -4.47. The van der Waals surface area contributed by atoms with Gasteiger partial charge < -0.3 is 9.80 Å². The number of hydrogen-bond donors (Lipinski definition) is 0. The molecule has 0 bridgehead atoms. The van der Waals surface area contributed by atoms with E-state index in [9.17, 15) is 23.2 Å². The first kappa shape index (κ1) is 19.1. The standard InChI is InChI=1S/C18H22F3N3O/c1-13(2)3-6-17(25)24-9-7-23(8-10-24)16-5-4-15(18(19,20)21)11-14(16)12-22/h4-5,11,13H,3,6-10H2,1-2H3. The van der Waals surface area contributed by atoms with Crippen molar-refractivity contribution in [3.05, 3.63) is 29.3 Å². The fraction of sp³-hybridized carbons (Fsp3) is 0.556. The first-order valence-electron chi connectivity index (χ1n) is 8.36. The van der Waals surface area contributed by atoms with Gasteiger partial charge in [0.05, 0.1) is 16.8 Å². The topological polar surface area (TPSA) is 47.3 Å². The van der Waals surface area contributed by atoms with Gasteiger partial charge in [0.1, 0.15) is 6.07 Å². The highest BCUT2D eigenvalue weighted by molar-refractivity contribution is 5.76. The number of nitriles is 1. The monoisotopic (exact) mass is 353 g/mol. The van der Waals surface area contributed by atoms with Crippen LogP contribution in [-0.2, 0) is 11.0 Å². The number of alkyl halides is 3. The molecule has 0 radical (unpaired) electrons. The van der Waals surface area contributed by atoms with E-state index in [-0.39, 0.29) is 11.5 Å². The maximum Gasteiger partial charge on any atom is 0.416 e. The Morgan fingerprint density at radius 3 is 2.40 bits per heavy atom. The molecule has 1 aliphatic heterocycles. The van der Waals surface area contributed by atoms with Crippen molar-refractivity contribution < 1.29 is 18.0 Å². The minimum absolute atomic E-state index is 0.00871. The van der Waals surface area contributed by atoms with Crippen molar-refractivity contribution in [1.29, 1.82) is 5.26 Å². The summed E-state index contributed by atoms with van der Waals surface area (Å²) in [4.78, 5) is 15.8. The van der Waals surface area contributed by atoms with Gasteiger partial charge in [0.2, 0.25) is 5.91 Å². The van der Waals surface area contributed by atoms with Gasteiger partial charge in [-0.15, -0.1) is 0 Å². The number of carbonyl (C=O) groups is 1. The van der Waals surface area contributed by atoms with Gasteiger partial charge in [0, 0.05) is 32.6 Å². The lowest BCUT2D eigenvalue weighted by molar-refractivity contribution is -0.137. The van der Waals surface area contributed by atoms with Crippen LogP contribution >= 0.6 is 0 Å². The molecule has 0 saturated carbocycles. The molecule has 7 heteroatoms. The Morgan fingerprint density at radius 2 is 1.88 bits per heavy atom. The van der Waals surface area contributed by atoms with Crippen molar-refractivity contribution in [3.8, 4) is 6.07 Å². The number of anilines is 1. The third-order valence-corrected chi connectivity index (χ3v) is 4.35.